The summed E-state index contributed by atoms with van der Waals surface area (Å²) >= 11 is 3.45. The fraction of sp³-hybridized carbons (Fsp3) is 0.125. The molecule has 2 N–H and O–H groups in total. The van der Waals surface area contributed by atoms with Gasteiger partial charge in [0, 0.05) is 16.4 Å². The van der Waals surface area contributed by atoms with E-state index in [9.17, 15) is 13.2 Å². The second-order valence-corrected chi connectivity index (χ2v) is 5.82. The van der Waals surface area contributed by atoms with Gasteiger partial charge in [-0.2, -0.15) is 13.2 Å². The Morgan fingerprint density at radius 3 is 2.50 bits per heavy atom. The van der Waals surface area contributed by atoms with Crippen LogP contribution in [0, 0.1) is 0 Å². The summed E-state index contributed by atoms with van der Waals surface area (Å²) in [4.78, 5) is 1.63. The van der Waals surface area contributed by atoms with Gasteiger partial charge in [-0.15, -0.1) is 0 Å². The SMILES string of the molecule is NC1c2ccccc2C(Br)=CN1c1cccc(C(F)(F)F)c1. The molecule has 0 fully saturated rings. The van der Waals surface area contributed by atoms with Crippen LogP contribution in [0.5, 0.6) is 0 Å². The van der Waals surface area contributed by atoms with Crippen molar-refractivity contribution in [1.82, 2.24) is 0 Å². The Hall–Kier alpha value is -1.79. The molecule has 1 heterocycles. The number of rotatable bonds is 1. The van der Waals surface area contributed by atoms with Crippen molar-refractivity contribution in [3.05, 3.63) is 71.4 Å². The predicted octanol–water partition coefficient (Wildman–Crippen LogP) is 4.88. The van der Waals surface area contributed by atoms with E-state index in [1.54, 1.807) is 17.2 Å². The molecule has 2 nitrogen and oxygen atoms in total. The molecule has 0 radical (unpaired) electrons. The van der Waals surface area contributed by atoms with Gasteiger partial charge in [-0.05, 0) is 45.3 Å². The zero-order chi connectivity index (χ0) is 15.9. The lowest BCUT2D eigenvalue weighted by molar-refractivity contribution is -0.137. The Balaban J connectivity index is 2.06. The molecule has 22 heavy (non-hydrogen) atoms. The van der Waals surface area contributed by atoms with Gasteiger partial charge < -0.3 is 10.6 Å². The van der Waals surface area contributed by atoms with Gasteiger partial charge in [-0.25, -0.2) is 0 Å². The van der Waals surface area contributed by atoms with Gasteiger partial charge >= 0.3 is 6.18 Å². The number of alkyl halides is 3. The number of nitrogens with two attached hydrogens (primary N) is 1. The number of halogens is 4. The summed E-state index contributed by atoms with van der Waals surface area (Å²) in [6.45, 7) is 0. The first-order valence-electron chi connectivity index (χ1n) is 6.56. The van der Waals surface area contributed by atoms with E-state index in [4.69, 9.17) is 5.73 Å². The zero-order valence-electron chi connectivity index (χ0n) is 11.3. The molecular weight excluding hydrogens is 357 g/mol. The topological polar surface area (TPSA) is 29.3 Å². The van der Waals surface area contributed by atoms with Crippen molar-refractivity contribution in [1.29, 1.82) is 0 Å². The maximum absolute atomic E-state index is 12.9. The van der Waals surface area contributed by atoms with Crippen LogP contribution in [0.3, 0.4) is 0 Å². The van der Waals surface area contributed by atoms with Crippen molar-refractivity contribution in [2.24, 2.45) is 5.73 Å². The molecular formula is C16H12BrF3N2. The first kappa shape index (κ1) is 15.1. The number of benzene rings is 2. The van der Waals surface area contributed by atoms with Crippen LogP contribution in [0.15, 0.2) is 54.7 Å². The Kier molecular flexibility index (Phi) is 3.74. The van der Waals surface area contributed by atoms with Crippen LogP contribution in [-0.2, 0) is 6.18 Å². The molecule has 1 aliphatic heterocycles. The van der Waals surface area contributed by atoms with Gasteiger partial charge in [0.05, 0.1) is 5.56 Å². The Bertz CT molecular complexity index is 740. The standard InChI is InChI=1S/C16H12BrF3N2/c17-14-9-22(15(21)13-7-2-1-6-12(13)14)11-5-3-4-10(8-11)16(18,19)20/h1-9,15H,21H2. The normalized spacial score (nSPS) is 18.0. The average Bonchev–Trinajstić information content (AvgIpc) is 2.50. The van der Waals surface area contributed by atoms with Crippen molar-refractivity contribution in [2.75, 3.05) is 4.90 Å². The molecule has 6 heteroatoms. The molecule has 1 atom stereocenters. The van der Waals surface area contributed by atoms with Crippen LogP contribution in [0.2, 0.25) is 0 Å². The first-order valence-corrected chi connectivity index (χ1v) is 7.35. The fourth-order valence-corrected chi connectivity index (χ4v) is 3.05. The molecule has 0 amide bonds. The lowest BCUT2D eigenvalue weighted by atomic mass is 10.0. The lowest BCUT2D eigenvalue weighted by Crippen LogP contribution is -2.33. The summed E-state index contributed by atoms with van der Waals surface area (Å²) in [6.07, 6.45) is -3.21. The van der Waals surface area contributed by atoms with Gasteiger partial charge in [-0.3, -0.25) is 0 Å². The summed E-state index contributed by atoms with van der Waals surface area (Å²) < 4.78 is 39.4. The van der Waals surface area contributed by atoms with Crippen LogP contribution in [0.25, 0.3) is 4.48 Å². The molecule has 1 aliphatic rings. The molecule has 0 spiro atoms. The minimum absolute atomic E-state index is 0.397. The lowest BCUT2D eigenvalue weighted by Gasteiger charge is -2.33. The molecule has 3 rings (SSSR count). The summed E-state index contributed by atoms with van der Waals surface area (Å²) in [5.41, 5.74) is 7.72. The number of fused-ring (bicyclic) bond motifs is 1. The highest BCUT2D eigenvalue weighted by Gasteiger charge is 2.32. The average molecular weight is 369 g/mol. The second kappa shape index (κ2) is 5.44. The van der Waals surface area contributed by atoms with Gasteiger partial charge in [0.1, 0.15) is 6.17 Å². The molecule has 0 bridgehead atoms. The molecule has 2 aromatic carbocycles. The van der Waals surface area contributed by atoms with Crippen molar-refractivity contribution in [3.8, 4) is 0 Å². The highest BCUT2D eigenvalue weighted by atomic mass is 79.9. The van der Waals surface area contributed by atoms with Crippen LogP contribution in [-0.4, -0.2) is 0 Å². The molecule has 0 saturated carbocycles. The van der Waals surface area contributed by atoms with E-state index in [-0.39, 0.29) is 0 Å². The van der Waals surface area contributed by atoms with E-state index in [0.29, 0.717) is 5.69 Å². The maximum Gasteiger partial charge on any atom is 0.416 e. The third kappa shape index (κ3) is 2.64. The Labute approximate surface area is 134 Å². The smallest absolute Gasteiger partial charge is 0.327 e. The van der Waals surface area contributed by atoms with Crippen LogP contribution in [0.1, 0.15) is 22.9 Å². The van der Waals surface area contributed by atoms with E-state index in [1.807, 2.05) is 24.3 Å². The number of hydrogen-bond donors (Lipinski definition) is 1. The van der Waals surface area contributed by atoms with E-state index < -0.39 is 17.9 Å². The van der Waals surface area contributed by atoms with Crippen LogP contribution in [0.4, 0.5) is 18.9 Å². The van der Waals surface area contributed by atoms with Gasteiger partial charge in [0.15, 0.2) is 0 Å². The van der Waals surface area contributed by atoms with E-state index in [0.717, 1.165) is 27.7 Å². The van der Waals surface area contributed by atoms with E-state index in [2.05, 4.69) is 15.9 Å². The molecule has 0 aromatic heterocycles. The Morgan fingerprint density at radius 2 is 1.77 bits per heavy atom. The van der Waals surface area contributed by atoms with Crippen LogP contribution < -0.4 is 10.6 Å². The molecule has 0 aliphatic carbocycles. The van der Waals surface area contributed by atoms with Gasteiger partial charge in [0.2, 0.25) is 0 Å². The third-order valence-electron chi connectivity index (χ3n) is 3.56. The number of hydrogen-bond acceptors (Lipinski definition) is 2. The monoisotopic (exact) mass is 368 g/mol. The summed E-state index contributed by atoms with van der Waals surface area (Å²) in [6, 6.07) is 12.7. The van der Waals surface area contributed by atoms with Crippen molar-refractivity contribution in [2.45, 2.75) is 12.3 Å². The zero-order valence-corrected chi connectivity index (χ0v) is 12.9. The fourth-order valence-electron chi connectivity index (χ4n) is 2.47. The largest absolute Gasteiger partial charge is 0.416 e. The highest BCUT2D eigenvalue weighted by molar-refractivity contribution is 9.15. The third-order valence-corrected chi connectivity index (χ3v) is 4.19. The summed E-state index contributed by atoms with van der Waals surface area (Å²) in [5.74, 6) is 0. The Morgan fingerprint density at radius 1 is 1.05 bits per heavy atom. The van der Waals surface area contributed by atoms with Gasteiger partial charge in [-0.1, -0.05) is 30.3 Å². The minimum Gasteiger partial charge on any atom is -0.327 e. The summed E-state index contributed by atoms with van der Waals surface area (Å²) in [5, 5.41) is 0. The van der Waals surface area contributed by atoms with E-state index in [1.165, 1.54) is 6.07 Å². The van der Waals surface area contributed by atoms with Gasteiger partial charge in [0.25, 0.3) is 0 Å². The van der Waals surface area contributed by atoms with E-state index >= 15 is 0 Å². The summed E-state index contributed by atoms with van der Waals surface area (Å²) in [7, 11) is 0. The second-order valence-electron chi connectivity index (χ2n) is 4.96. The number of nitrogens with zero attached hydrogens (tertiary/aromatic N) is 1. The maximum atomic E-state index is 12.9. The highest BCUT2D eigenvalue weighted by Crippen LogP contribution is 2.39. The quantitative estimate of drug-likeness (QED) is 0.777. The molecule has 114 valence electrons. The van der Waals surface area contributed by atoms with Crippen molar-refractivity contribution < 1.29 is 13.2 Å². The first-order chi connectivity index (χ1) is 10.4. The molecule has 0 saturated heterocycles. The molecule has 2 aromatic rings. The molecule has 1 unspecified atom stereocenters. The minimum atomic E-state index is -4.38. The number of anilines is 1. The van der Waals surface area contributed by atoms with Crippen molar-refractivity contribution in [3.63, 3.8) is 0 Å². The predicted molar refractivity (Wildman–Crippen MR) is 84.2 cm³/mol. The van der Waals surface area contributed by atoms with Crippen molar-refractivity contribution >= 4 is 26.1 Å². The van der Waals surface area contributed by atoms with Crippen LogP contribution >= 0.6 is 15.9 Å².